The SMILES string of the molecule is C.COC(=O)/C=C/c1cnc(C)cc1C(=O)OC.COC(=O)CCc1cnc(C)cc1C(=O)OC.COC(=O)c1cc(C)ncc1Cl.COC(=O)c1cc(Cl)ncc1Cl.Cc1cc2c(cn1)CCC2=O.Cc1cc2c(cn1)CCC2N1C(=O)c2ccccc2C1=O.Cc1cc2c(cn1)CCC2O.O=C(O)c1cc(Cl)ncc1Cl.O=S(Cl)Cl.[B].[H-].[Na+]. The molecule has 0 bridgehead atoms. The van der Waals surface area contributed by atoms with E-state index in [-0.39, 0.29) is 120 Å². The molecule has 1 aliphatic heterocycles. The Morgan fingerprint density at radius 1 is 0.496 bits per heavy atom. The molecule has 119 heavy (non-hydrogen) atoms. The minimum absolute atomic E-state index is 0. The van der Waals surface area contributed by atoms with E-state index in [4.69, 9.17) is 67.3 Å². The number of methoxy groups -OCH3 is 6. The van der Waals surface area contributed by atoms with Crippen LogP contribution in [-0.2, 0) is 72.9 Å². The van der Waals surface area contributed by atoms with E-state index in [1.807, 2.05) is 57.6 Å². The summed E-state index contributed by atoms with van der Waals surface area (Å²) in [6, 6.07) is 20.1. The van der Waals surface area contributed by atoms with E-state index >= 15 is 0 Å². The number of carboxylic acids is 1. The second-order valence-electron chi connectivity index (χ2n) is 24.7. The molecular formula is C81H83BCl7N9NaO19S. The molecule has 9 heterocycles. The van der Waals surface area contributed by atoms with Crippen molar-refractivity contribution in [3.05, 3.63) is 271 Å². The van der Waals surface area contributed by atoms with Crippen LogP contribution in [0, 0.1) is 41.5 Å². The number of hydrogen-bond acceptors (Lipinski definition) is 26. The van der Waals surface area contributed by atoms with Crippen LogP contribution in [-0.4, -0.2) is 170 Å². The van der Waals surface area contributed by atoms with Crippen molar-refractivity contribution in [3.8, 4) is 0 Å². The zero-order valence-electron chi connectivity index (χ0n) is 67.0. The normalized spacial score (nSPS) is 12.9. The Morgan fingerprint density at radius 3 is 1.40 bits per heavy atom. The predicted octanol–water partition coefficient (Wildman–Crippen LogP) is 12.7. The number of hydrogen-bond donors (Lipinski definition) is 2. The molecule has 9 aromatic rings. The van der Waals surface area contributed by atoms with Gasteiger partial charge in [-0.25, -0.2) is 42.9 Å². The molecule has 2 atom stereocenters. The van der Waals surface area contributed by atoms with Crippen LogP contribution in [0.1, 0.15) is 203 Å². The van der Waals surface area contributed by atoms with Gasteiger partial charge in [-0.3, -0.25) is 54.0 Å². The topological polar surface area (TPSA) is 390 Å². The van der Waals surface area contributed by atoms with Crippen LogP contribution in [0.5, 0.6) is 0 Å². The molecule has 28 nitrogen and oxygen atoms in total. The second-order valence-corrected chi connectivity index (χ2v) is 29.2. The van der Waals surface area contributed by atoms with E-state index in [9.17, 15) is 53.1 Å². The van der Waals surface area contributed by atoms with Crippen molar-refractivity contribution in [2.75, 3.05) is 42.7 Å². The number of aryl methyl sites for hydroxylation is 10. The molecule has 2 N–H and O–H groups in total. The first-order chi connectivity index (χ1) is 55.0. The van der Waals surface area contributed by atoms with Gasteiger partial charge < -0.3 is 40.1 Å². The fraction of sp³-hybridized carbons (Fsp3) is 0.284. The van der Waals surface area contributed by atoms with Crippen molar-refractivity contribution in [2.45, 2.75) is 112 Å². The third-order valence-electron chi connectivity index (χ3n) is 16.7. The molecule has 2 unspecified atom stereocenters. The number of pyridine rings is 8. The fourth-order valence-corrected chi connectivity index (χ4v) is 11.9. The number of Topliss-reactive ketones (excluding diaryl/α,β-unsaturated/α-hetero) is 1. The number of benzene rings is 1. The molecule has 38 heteroatoms. The third kappa shape index (κ3) is 32.5. The van der Waals surface area contributed by atoms with E-state index in [0.29, 0.717) is 62.5 Å². The van der Waals surface area contributed by atoms with E-state index < -0.39 is 45.0 Å². The zero-order valence-corrected chi connectivity index (χ0v) is 74.1. The summed E-state index contributed by atoms with van der Waals surface area (Å²) in [5, 5.41) is 18.9. The largest absolute Gasteiger partial charge is 1.00 e. The summed E-state index contributed by atoms with van der Waals surface area (Å²) in [6.45, 7) is 11.1. The average molecular weight is 1800 g/mol. The van der Waals surface area contributed by atoms with Crippen molar-refractivity contribution in [1.29, 1.82) is 0 Å². The van der Waals surface area contributed by atoms with Gasteiger partial charge in [-0.15, -0.1) is 0 Å². The second kappa shape index (κ2) is 52.5. The maximum absolute atomic E-state index is 12.6. The van der Waals surface area contributed by atoms with Crippen molar-refractivity contribution in [1.82, 2.24) is 44.8 Å². The van der Waals surface area contributed by atoms with Gasteiger partial charge in [0, 0.05) is 144 Å². The van der Waals surface area contributed by atoms with Crippen LogP contribution in [0.3, 0.4) is 0 Å². The number of amides is 2. The molecule has 3 radical (unpaired) electrons. The van der Waals surface area contributed by atoms with Crippen LogP contribution < -0.4 is 29.6 Å². The first kappa shape index (κ1) is 106. The van der Waals surface area contributed by atoms with Gasteiger partial charge in [0.1, 0.15) is 10.3 Å². The third-order valence-corrected chi connectivity index (χ3v) is 18.0. The Bertz CT molecular complexity index is 5070. The number of aliphatic hydroxyl groups excluding tert-OH is 1. The molecule has 3 aliphatic carbocycles. The standard InChI is InChI=1S/C17H14N2O2.C12H15NO4.C12H13NO4.C9H11NO.C9H9NO.C8H8ClNO2.C7H5Cl2NO2.C6H3Cl2NO2.CH4.B.Cl2OS.Na.H/c1-10-8-14-11(9-18-10)6-7-15(14)19-16(20)12-4-2-3-5-13(12)17(19)21;2*1-8-6-10(12(15)17-3)9(7-13-8)4-5-11(14)16-2;2*1-6-4-8-7(5-10-6)2-3-9(8)11;1-5-3-6(8(11)12-2)7(9)4-10-5;1-12-7(11)4-2-6(9)10-3-5(4)8;7-4-2-9-5(8)1-3(4)6(10)11;;;1-4(2)3;;/h2-5,8-9,15H,6-7H2,1H3;6-7H,4-5H2,1-3H3;4-7H,1-3H3;4-5,9,11H,2-3H2,1H3;4-5H,2-3H2,1H3;3-4H,1-2H3;2-3H,1H3;1-2H,(H,10,11);1H4;;;;/q;;;;;;;;;;;+1;-1/b;;5-4+;;;;;;;;;;. The Balaban J connectivity index is 0.000000685. The zero-order chi connectivity index (χ0) is 86.2. The Labute approximate surface area is 749 Å². The molecule has 0 saturated heterocycles. The van der Waals surface area contributed by atoms with Crippen molar-refractivity contribution in [2.24, 2.45) is 0 Å². The van der Waals surface area contributed by atoms with E-state index in [1.54, 1.807) is 69.4 Å². The van der Waals surface area contributed by atoms with Crippen molar-refractivity contribution in [3.63, 3.8) is 0 Å². The summed E-state index contributed by atoms with van der Waals surface area (Å²) in [5.41, 5.74) is 15.1. The van der Waals surface area contributed by atoms with Gasteiger partial charge in [0.25, 0.3) is 11.8 Å². The number of ether oxygens (including phenoxy) is 6. The Hall–Kier alpha value is -9.54. The van der Waals surface area contributed by atoms with Gasteiger partial charge in [-0.05, 0) is 180 Å². The Kier molecular flexibility index (Phi) is 46.6. The monoisotopic (exact) mass is 1800 g/mol. The number of aliphatic hydroxyl groups is 1. The summed E-state index contributed by atoms with van der Waals surface area (Å²) < 4.78 is 36.4. The number of nitrogens with zero attached hydrogens (tertiary/aromatic N) is 9. The van der Waals surface area contributed by atoms with E-state index in [1.165, 1.54) is 102 Å². The molecule has 1 aromatic carbocycles. The smallest absolute Gasteiger partial charge is 1.00 e. The summed E-state index contributed by atoms with van der Waals surface area (Å²) in [4.78, 5) is 147. The number of imide groups is 1. The molecule has 4 aliphatic rings. The number of aromatic nitrogens is 8. The van der Waals surface area contributed by atoms with Crippen molar-refractivity contribution >= 4 is 162 Å². The molecule has 0 spiro atoms. The molecular weight excluding hydrogens is 1720 g/mol. The van der Waals surface area contributed by atoms with Crippen LogP contribution in [0.25, 0.3) is 6.08 Å². The molecule has 0 saturated carbocycles. The van der Waals surface area contributed by atoms with Crippen LogP contribution in [0.15, 0.2) is 128 Å². The molecule has 0 fully saturated rings. The number of rotatable bonds is 11. The number of carbonyl (C=O) groups excluding carboxylic acids is 9. The molecule has 8 aromatic heterocycles. The van der Waals surface area contributed by atoms with Gasteiger partial charge in [-0.2, -0.15) is 0 Å². The maximum Gasteiger partial charge on any atom is 1.00 e. The number of fused-ring (bicyclic) bond motifs is 4. The summed E-state index contributed by atoms with van der Waals surface area (Å²) >= 11 is 27.8. The van der Waals surface area contributed by atoms with Crippen LogP contribution in [0.2, 0.25) is 25.4 Å². The maximum atomic E-state index is 12.6. The van der Waals surface area contributed by atoms with Crippen LogP contribution in [0.4, 0.5) is 0 Å². The Morgan fingerprint density at radius 2 is 0.899 bits per heavy atom. The summed E-state index contributed by atoms with van der Waals surface area (Å²) in [5.74, 6) is -3.87. The number of halogens is 7. The van der Waals surface area contributed by atoms with Gasteiger partial charge in [0.15, 0.2) is 5.78 Å². The minimum Gasteiger partial charge on any atom is -1.00 e. The molecule has 13 rings (SSSR count). The van der Waals surface area contributed by atoms with Gasteiger partial charge in [0.2, 0.25) is 9.23 Å². The number of esters is 6. The van der Waals surface area contributed by atoms with Gasteiger partial charge in [-0.1, -0.05) is 77.6 Å². The minimum atomic E-state index is -1.67. The molecule has 2 amide bonds. The predicted molar refractivity (Wildman–Crippen MR) is 448 cm³/mol. The summed E-state index contributed by atoms with van der Waals surface area (Å²) in [6.07, 6.45) is 20.7. The molecule has 625 valence electrons. The quantitative estimate of drug-likeness (QED) is 0.0231. The average Bonchev–Trinajstić information content (AvgIpc) is 1.60. The van der Waals surface area contributed by atoms with Crippen molar-refractivity contribution < 1.29 is 122 Å². The first-order valence-corrected chi connectivity index (χ1v) is 39.1. The fourth-order valence-electron chi connectivity index (χ4n) is 11.0. The van der Waals surface area contributed by atoms with Crippen LogP contribution >= 0.6 is 79.4 Å². The number of ketones is 1. The first-order valence-electron chi connectivity index (χ1n) is 34.4. The van der Waals surface area contributed by atoms with Gasteiger partial charge >= 0.3 is 71.3 Å². The number of aromatic carboxylic acids is 1. The number of carboxylic acid groups (broad SMARTS) is 1. The number of carbonyl (C=O) groups is 10. The van der Waals surface area contributed by atoms with Gasteiger partial charge in [0.05, 0.1) is 109 Å². The van der Waals surface area contributed by atoms with E-state index in [2.05, 4.69) is 89.7 Å². The van der Waals surface area contributed by atoms with E-state index in [0.717, 1.165) is 88.4 Å². The summed E-state index contributed by atoms with van der Waals surface area (Å²) in [7, 11) is 15.2.